The number of hydrogen-bond donors (Lipinski definition) is 1. The molecule has 102 valence electrons. The Morgan fingerprint density at radius 3 is 2.78 bits per heavy atom. The summed E-state index contributed by atoms with van der Waals surface area (Å²) in [5, 5.41) is 9.78. The third-order valence-electron chi connectivity index (χ3n) is 2.62. The molecule has 1 heterocycles. The zero-order valence-corrected chi connectivity index (χ0v) is 11.5. The molecule has 0 amide bonds. The van der Waals surface area contributed by atoms with Gasteiger partial charge in [-0.1, -0.05) is 6.07 Å². The molecule has 0 spiro atoms. The second-order valence-electron chi connectivity index (χ2n) is 4.87. The summed E-state index contributed by atoms with van der Waals surface area (Å²) in [6.07, 6.45) is 2.44. The van der Waals surface area contributed by atoms with E-state index >= 15 is 0 Å². The van der Waals surface area contributed by atoms with Gasteiger partial charge < -0.3 is 14.7 Å². The molecule has 4 nitrogen and oxygen atoms in total. The average molecular weight is 252 g/mol. The number of ether oxygens (including phenoxy) is 1. The molecule has 0 aliphatic carbocycles. The smallest absolute Gasteiger partial charge is 0.0900 e. The van der Waals surface area contributed by atoms with Gasteiger partial charge in [-0.15, -0.1) is 0 Å². The number of hydrogen-bond acceptors (Lipinski definition) is 4. The van der Waals surface area contributed by atoms with Crippen LogP contribution in [0, 0.1) is 0 Å². The molecule has 0 saturated heterocycles. The highest BCUT2D eigenvalue weighted by atomic mass is 16.5. The van der Waals surface area contributed by atoms with Gasteiger partial charge in [-0.25, -0.2) is 0 Å². The molecule has 1 rings (SSSR count). The minimum absolute atomic E-state index is 0.165. The second-order valence-corrected chi connectivity index (χ2v) is 4.87. The maximum atomic E-state index is 9.78. The van der Waals surface area contributed by atoms with Gasteiger partial charge in [-0.2, -0.15) is 0 Å². The number of pyridine rings is 1. The van der Waals surface area contributed by atoms with Crippen molar-refractivity contribution >= 4 is 0 Å². The average Bonchev–Trinajstić information content (AvgIpc) is 2.35. The van der Waals surface area contributed by atoms with E-state index in [0.717, 1.165) is 18.7 Å². The number of nitrogens with zero attached hydrogens (tertiary/aromatic N) is 2. The van der Waals surface area contributed by atoms with Crippen LogP contribution in [-0.2, 0) is 11.2 Å². The van der Waals surface area contributed by atoms with Crippen LogP contribution in [0.4, 0.5) is 0 Å². The Hall–Kier alpha value is -0.970. The maximum Gasteiger partial charge on any atom is 0.0900 e. The predicted molar refractivity (Wildman–Crippen MR) is 72.5 cm³/mol. The van der Waals surface area contributed by atoms with Crippen molar-refractivity contribution in [3.63, 3.8) is 0 Å². The summed E-state index contributed by atoms with van der Waals surface area (Å²) in [6, 6.07) is 5.93. The summed E-state index contributed by atoms with van der Waals surface area (Å²) in [5.74, 6) is 0. The maximum absolute atomic E-state index is 9.78. The quantitative estimate of drug-likeness (QED) is 0.758. The SMILES string of the molecule is CC(C)OC[C@H](O)CN(C)CCc1ccccn1. The van der Waals surface area contributed by atoms with E-state index < -0.39 is 6.10 Å². The van der Waals surface area contributed by atoms with Crippen molar-refractivity contribution in [1.29, 1.82) is 0 Å². The van der Waals surface area contributed by atoms with E-state index in [2.05, 4.69) is 9.88 Å². The highest BCUT2D eigenvalue weighted by Gasteiger charge is 2.09. The van der Waals surface area contributed by atoms with Crippen LogP contribution in [0.3, 0.4) is 0 Å². The molecule has 1 aromatic rings. The minimum atomic E-state index is -0.430. The Balaban J connectivity index is 2.19. The lowest BCUT2D eigenvalue weighted by Gasteiger charge is -2.21. The van der Waals surface area contributed by atoms with E-state index in [-0.39, 0.29) is 6.10 Å². The number of rotatable bonds is 8. The first-order valence-corrected chi connectivity index (χ1v) is 6.46. The van der Waals surface area contributed by atoms with Gasteiger partial charge in [0.15, 0.2) is 0 Å². The van der Waals surface area contributed by atoms with E-state index in [9.17, 15) is 5.11 Å². The Morgan fingerprint density at radius 2 is 2.17 bits per heavy atom. The van der Waals surface area contributed by atoms with Gasteiger partial charge in [0.05, 0.1) is 18.8 Å². The van der Waals surface area contributed by atoms with Crippen LogP contribution in [0.15, 0.2) is 24.4 Å². The molecule has 0 aromatic carbocycles. The number of aromatic nitrogens is 1. The third-order valence-corrected chi connectivity index (χ3v) is 2.62. The van der Waals surface area contributed by atoms with Crippen molar-refractivity contribution in [1.82, 2.24) is 9.88 Å². The molecular formula is C14H24N2O2. The van der Waals surface area contributed by atoms with Gasteiger partial charge in [0.2, 0.25) is 0 Å². The minimum Gasteiger partial charge on any atom is -0.389 e. The van der Waals surface area contributed by atoms with E-state index in [1.54, 1.807) is 6.20 Å². The van der Waals surface area contributed by atoms with E-state index in [1.165, 1.54) is 0 Å². The molecule has 0 bridgehead atoms. The first-order valence-electron chi connectivity index (χ1n) is 6.46. The fraction of sp³-hybridized carbons (Fsp3) is 0.643. The zero-order chi connectivity index (χ0) is 13.4. The molecule has 0 unspecified atom stereocenters. The van der Waals surface area contributed by atoms with Crippen molar-refractivity contribution in [2.24, 2.45) is 0 Å². The third kappa shape index (κ3) is 6.69. The molecule has 18 heavy (non-hydrogen) atoms. The fourth-order valence-electron chi connectivity index (χ4n) is 1.66. The highest BCUT2D eigenvalue weighted by molar-refractivity contribution is 5.03. The Morgan fingerprint density at radius 1 is 1.39 bits per heavy atom. The molecule has 0 radical (unpaired) electrons. The molecule has 4 heteroatoms. The second kappa shape index (κ2) is 8.19. The summed E-state index contributed by atoms with van der Waals surface area (Å²) >= 11 is 0. The summed E-state index contributed by atoms with van der Waals surface area (Å²) in [6.45, 7) is 5.84. The van der Waals surface area contributed by atoms with Crippen molar-refractivity contribution in [3.8, 4) is 0 Å². The van der Waals surface area contributed by atoms with Crippen LogP contribution in [0.1, 0.15) is 19.5 Å². The van der Waals surface area contributed by atoms with Crippen LogP contribution in [0.25, 0.3) is 0 Å². The summed E-state index contributed by atoms with van der Waals surface area (Å²) in [5.41, 5.74) is 1.08. The number of aliphatic hydroxyl groups is 1. The topological polar surface area (TPSA) is 45.6 Å². The van der Waals surface area contributed by atoms with Crippen molar-refractivity contribution < 1.29 is 9.84 Å². The molecular weight excluding hydrogens is 228 g/mol. The monoisotopic (exact) mass is 252 g/mol. The van der Waals surface area contributed by atoms with Gasteiger partial charge in [0, 0.05) is 31.4 Å². The molecule has 0 aliphatic rings. The molecule has 0 saturated carbocycles. The van der Waals surface area contributed by atoms with Gasteiger partial charge in [-0.05, 0) is 33.0 Å². The molecule has 1 atom stereocenters. The Labute approximate surface area is 110 Å². The summed E-state index contributed by atoms with van der Waals surface area (Å²) in [4.78, 5) is 6.38. The molecule has 1 N–H and O–H groups in total. The molecule has 0 aliphatic heterocycles. The van der Waals surface area contributed by atoms with E-state index in [1.807, 2.05) is 39.1 Å². The molecule has 0 fully saturated rings. The van der Waals surface area contributed by atoms with Crippen molar-refractivity contribution in [3.05, 3.63) is 30.1 Å². The van der Waals surface area contributed by atoms with Crippen LogP contribution < -0.4 is 0 Å². The lowest BCUT2D eigenvalue weighted by Crippen LogP contribution is -2.34. The predicted octanol–water partition coefficient (Wildman–Crippen LogP) is 1.34. The van der Waals surface area contributed by atoms with Gasteiger partial charge >= 0.3 is 0 Å². The van der Waals surface area contributed by atoms with Crippen LogP contribution in [-0.4, -0.2) is 53.9 Å². The fourth-order valence-corrected chi connectivity index (χ4v) is 1.66. The first kappa shape index (κ1) is 15.1. The van der Waals surface area contributed by atoms with E-state index in [0.29, 0.717) is 13.2 Å². The van der Waals surface area contributed by atoms with Crippen molar-refractivity contribution in [2.75, 3.05) is 26.7 Å². The van der Waals surface area contributed by atoms with Gasteiger partial charge in [-0.3, -0.25) is 4.98 Å². The normalized spacial score (nSPS) is 13.2. The van der Waals surface area contributed by atoms with Crippen LogP contribution >= 0.6 is 0 Å². The lowest BCUT2D eigenvalue weighted by molar-refractivity contribution is -0.00543. The highest BCUT2D eigenvalue weighted by Crippen LogP contribution is 1.98. The standard InChI is InChI=1S/C14H24N2O2/c1-12(2)18-11-14(17)10-16(3)9-7-13-6-4-5-8-15-13/h4-6,8,12,14,17H,7,9-11H2,1-3H3/t14-/m1/s1. The van der Waals surface area contributed by atoms with Gasteiger partial charge in [0.1, 0.15) is 0 Å². The molecule has 1 aromatic heterocycles. The largest absolute Gasteiger partial charge is 0.389 e. The number of likely N-dealkylation sites (N-methyl/N-ethyl adjacent to an activating group) is 1. The zero-order valence-electron chi connectivity index (χ0n) is 11.5. The van der Waals surface area contributed by atoms with Crippen molar-refractivity contribution in [2.45, 2.75) is 32.5 Å². The van der Waals surface area contributed by atoms with Crippen LogP contribution in [0.5, 0.6) is 0 Å². The first-order chi connectivity index (χ1) is 8.58. The lowest BCUT2D eigenvalue weighted by atomic mass is 10.2. The number of aliphatic hydroxyl groups excluding tert-OH is 1. The Bertz CT molecular complexity index is 317. The van der Waals surface area contributed by atoms with Gasteiger partial charge in [0.25, 0.3) is 0 Å². The summed E-state index contributed by atoms with van der Waals surface area (Å²) in [7, 11) is 2.00. The Kier molecular flexibility index (Phi) is 6.86. The van der Waals surface area contributed by atoms with E-state index in [4.69, 9.17) is 4.74 Å². The van der Waals surface area contributed by atoms with Crippen LogP contribution in [0.2, 0.25) is 0 Å². The summed E-state index contributed by atoms with van der Waals surface area (Å²) < 4.78 is 5.38.